The molecule has 2 aromatic rings. The molecule has 0 fully saturated rings. The number of rotatable bonds is 5. The van der Waals surface area contributed by atoms with Crippen molar-refractivity contribution in [3.63, 3.8) is 0 Å². The lowest BCUT2D eigenvalue weighted by Gasteiger charge is -2.06. The Morgan fingerprint density at radius 3 is 1.92 bits per heavy atom. The average molecular weight is 400 g/mol. The van der Waals surface area contributed by atoms with Crippen LogP contribution >= 0.6 is 15.6 Å². The largest absolute Gasteiger partial charge is 0.527 e. The van der Waals surface area contributed by atoms with Crippen molar-refractivity contribution in [2.45, 2.75) is 0 Å². The first-order chi connectivity index (χ1) is 11.5. The van der Waals surface area contributed by atoms with Crippen molar-refractivity contribution >= 4 is 28.2 Å². The van der Waals surface area contributed by atoms with Crippen LogP contribution in [0.1, 0.15) is 21.1 Å². The third-order valence-corrected chi connectivity index (χ3v) is 2.73. The van der Waals surface area contributed by atoms with E-state index in [1.54, 1.807) is 12.1 Å². The summed E-state index contributed by atoms with van der Waals surface area (Å²) in [4.78, 5) is 50.3. The van der Waals surface area contributed by atoms with Gasteiger partial charge in [0, 0.05) is 13.2 Å². The first-order valence-electron chi connectivity index (χ1n) is 5.89. The minimum absolute atomic E-state index is 0.00565. The third-order valence-electron chi connectivity index (χ3n) is 1.82. The molecule has 0 saturated heterocycles. The van der Waals surface area contributed by atoms with E-state index in [1.165, 1.54) is 12.3 Å². The Bertz CT molecular complexity index is 720. The quantitative estimate of drug-likeness (QED) is 0.416. The van der Waals surface area contributed by atoms with Crippen LogP contribution in [0.25, 0.3) is 0 Å². The Morgan fingerprint density at radius 1 is 1.04 bits per heavy atom. The molecule has 0 spiro atoms. The summed E-state index contributed by atoms with van der Waals surface area (Å²) in [6, 6.07) is 4.45. The van der Waals surface area contributed by atoms with Crippen LogP contribution in [-0.4, -0.2) is 39.3 Å². The molecule has 0 aliphatic carbocycles. The number of furan rings is 2. The maximum atomic E-state index is 10.8. The number of carbonyl (C=O) groups excluding carboxylic acids is 2. The van der Waals surface area contributed by atoms with Gasteiger partial charge in [0.15, 0.2) is 29.8 Å². The van der Waals surface area contributed by atoms with E-state index in [1.807, 2.05) is 0 Å². The number of hydrogen-bond donors (Lipinski definition) is 4. The van der Waals surface area contributed by atoms with Crippen LogP contribution in [0.5, 0.6) is 5.75 Å². The average Bonchev–Trinajstić information content (AvgIpc) is 3.16. The SMILES string of the molecule is COP(=O)(O)Oc1coc(C=O)c1.O=Cc1ccco1.O=P(O)(O)O. The van der Waals surface area contributed by atoms with E-state index in [2.05, 4.69) is 17.9 Å². The first-order valence-corrected chi connectivity index (χ1v) is 8.95. The maximum absolute atomic E-state index is 10.8. The lowest BCUT2D eigenvalue weighted by molar-refractivity contribution is 0.109. The van der Waals surface area contributed by atoms with Crippen molar-refractivity contribution in [3.8, 4) is 5.75 Å². The molecule has 12 nitrogen and oxygen atoms in total. The molecule has 0 amide bonds. The monoisotopic (exact) mass is 400 g/mol. The fraction of sp³-hybridized carbons (Fsp3) is 0.0909. The summed E-state index contributed by atoms with van der Waals surface area (Å²) >= 11 is 0. The zero-order valence-corrected chi connectivity index (χ0v) is 14.3. The highest BCUT2D eigenvalue weighted by atomic mass is 31.2. The van der Waals surface area contributed by atoms with Crippen LogP contribution < -0.4 is 4.52 Å². The molecule has 0 aliphatic rings. The van der Waals surface area contributed by atoms with Crippen LogP contribution in [-0.2, 0) is 13.7 Å². The van der Waals surface area contributed by atoms with Gasteiger partial charge in [-0.15, -0.1) is 0 Å². The maximum Gasteiger partial charge on any atom is 0.527 e. The molecular weight excluding hydrogens is 386 g/mol. The lowest BCUT2D eigenvalue weighted by Crippen LogP contribution is -1.92. The summed E-state index contributed by atoms with van der Waals surface area (Å²) in [6.45, 7) is 0. The molecule has 0 aromatic carbocycles. The molecule has 0 radical (unpaired) electrons. The van der Waals surface area contributed by atoms with E-state index in [9.17, 15) is 14.2 Å². The van der Waals surface area contributed by atoms with Crippen molar-refractivity contribution in [3.05, 3.63) is 42.2 Å². The number of carbonyl (C=O) groups is 2. The van der Waals surface area contributed by atoms with Crippen LogP contribution in [0, 0.1) is 0 Å². The van der Waals surface area contributed by atoms with Crippen LogP contribution in [0.15, 0.2) is 39.6 Å². The van der Waals surface area contributed by atoms with Crippen molar-refractivity contribution in [1.82, 2.24) is 0 Å². The van der Waals surface area contributed by atoms with Crippen LogP contribution in [0.2, 0.25) is 0 Å². The molecule has 140 valence electrons. The molecule has 14 heteroatoms. The second-order valence-corrected chi connectivity index (χ2v) is 6.20. The fourth-order valence-electron chi connectivity index (χ4n) is 0.973. The molecule has 2 aromatic heterocycles. The van der Waals surface area contributed by atoms with Gasteiger partial charge < -0.3 is 28.0 Å². The van der Waals surface area contributed by atoms with Crippen molar-refractivity contribution < 1.29 is 56.2 Å². The van der Waals surface area contributed by atoms with Gasteiger partial charge in [-0.3, -0.25) is 19.0 Å². The molecule has 0 bridgehead atoms. The van der Waals surface area contributed by atoms with Gasteiger partial charge in [0.05, 0.1) is 6.26 Å². The van der Waals surface area contributed by atoms with E-state index >= 15 is 0 Å². The van der Waals surface area contributed by atoms with Gasteiger partial charge in [-0.25, -0.2) is 9.13 Å². The smallest absolute Gasteiger partial charge is 0.462 e. The lowest BCUT2D eigenvalue weighted by atomic mass is 10.5. The number of aldehydes is 2. The van der Waals surface area contributed by atoms with Crippen LogP contribution in [0.4, 0.5) is 0 Å². The van der Waals surface area contributed by atoms with E-state index in [0.29, 0.717) is 18.3 Å². The summed E-state index contributed by atoms with van der Waals surface area (Å²) < 4.78 is 37.6. The Morgan fingerprint density at radius 2 is 1.60 bits per heavy atom. The van der Waals surface area contributed by atoms with Gasteiger partial charge in [0.2, 0.25) is 0 Å². The van der Waals surface area contributed by atoms with Gasteiger partial charge >= 0.3 is 15.6 Å². The van der Waals surface area contributed by atoms with E-state index < -0.39 is 15.6 Å². The molecular formula is C11H14O12P2. The number of phosphoric ester groups is 1. The second kappa shape index (κ2) is 10.7. The molecule has 25 heavy (non-hydrogen) atoms. The summed E-state index contributed by atoms with van der Waals surface area (Å²) in [5.41, 5.74) is 0. The summed E-state index contributed by atoms with van der Waals surface area (Å²) in [5, 5.41) is 0. The molecule has 0 saturated carbocycles. The zero-order valence-electron chi connectivity index (χ0n) is 12.5. The van der Waals surface area contributed by atoms with Crippen molar-refractivity contribution in [1.29, 1.82) is 0 Å². The summed E-state index contributed by atoms with van der Waals surface area (Å²) in [7, 11) is -7.68. The second-order valence-electron chi connectivity index (χ2n) is 3.69. The van der Waals surface area contributed by atoms with Gasteiger partial charge in [-0.1, -0.05) is 0 Å². The van der Waals surface area contributed by atoms with Gasteiger partial charge in [-0.05, 0) is 12.1 Å². The van der Waals surface area contributed by atoms with Crippen molar-refractivity contribution in [2.75, 3.05) is 7.11 Å². The Balaban J connectivity index is 0.000000401. The van der Waals surface area contributed by atoms with E-state index in [4.69, 9.17) is 24.1 Å². The molecule has 0 aliphatic heterocycles. The summed E-state index contributed by atoms with van der Waals surface area (Å²) in [5.74, 6) is 0.348. The molecule has 1 atom stereocenters. The highest BCUT2D eigenvalue weighted by molar-refractivity contribution is 7.47. The molecule has 1 unspecified atom stereocenters. The minimum Gasteiger partial charge on any atom is -0.462 e. The third kappa shape index (κ3) is 13.0. The van der Waals surface area contributed by atoms with Gasteiger partial charge in [-0.2, -0.15) is 0 Å². The topological polar surface area (TPSA) is 194 Å². The molecule has 2 heterocycles. The minimum atomic E-state index is -4.64. The zero-order chi connectivity index (χ0) is 19.5. The number of hydrogen-bond acceptors (Lipinski definition) is 8. The standard InChI is InChI=1S/C6H7O6P.C5H4O2.H3O4P/c1-10-13(8,9)12-6-2-5(3-7)11-4-6;6-4-5-2-1-3-7-5;1-5(2,3)4/h2-4H,1H3,(H,8,9);1-4H;(H3,1,2,3,4). The fourth-order valence-corrected chi connectivity index (χ4v) is 1.41. The summed E-state index contributed by atoms with van der Waals surface area (Å²) in [6.07, 6.45) is 3.61. The first kappa shape index (κ1) is 23.0. The Labute approximate surface area is 140 Å². The number of phosphoric acid groups is 2. The Hall–Kier alpha value is -2.04. The van der Waals surface area contributed by atoms with E-state index in [-0.39, 0.29) is 11.5 Å². The van der Waals surface area contributed by atoms with Gasteiger partial charge in [0.1, 0.15) is 6.26 Å². The molecule has 2 rings (SSSR count). The van der Waals surface area contributed by atoms with Crippen molar-refractivity contribution in [2.24, 2.45) is 0 Å². The normalized spacial score (nSPS) is 12.5. The highest BCUT2D eigenvalue weighted by Crippen LogP contribution is 2.42. The predicted molar refractivity (Wildman–Crippen MR) is 79.9 cm³/mol. The van der Waals surface area contributed by atoms with Gasteiger partial charge in [0.25, 0.3) is 0 Å². The highest BCUT2D eigenvalue weighted by Gasteiger charge is 2.21. The van der Waals surface area contributed by atoms with Crippen LogP contribution in [0.3, 0.4) is 0 Å². The Kier molecular flexibility index (Phi) is 9.87. The predicted octanol–water partition coefficient (Wildman–Crippen LogP) is 1.38. The van der Waals surface area contributed by atoms with E-state index in [0.717, 1.165) is 13.4 Å². The molecule has 4 N–H and O–H groups in total.